The molecule has 13 aromatic rings. The molecule has 2 heteroatoms. The molecule has 1 aliphatic carbocycles. The summed E-state index contributed by atoms with van der Waals surface area (Å²) in [6, 6.07) is 94.5. The highest BCUT2D eigenvalue weighted by Crippen LogP contribution is 2.59. The largest absolute Gasteiger partial charge is 0.309 e. The maximum atomic E-state index is 2.51. The average Bonchev–Trinajstić information content (AvgIpc) is 4.03. The monoisotopic (exact) mass is 850 g/mol. The summed E-state index contributed by atoms with van der Waals surface area (Å²) in [6.07, 6.45) is 0. The molecule has 0 amide bonds. The van der Waals surface area contributed by atoms with E-state index in [9.17, 15) is 0 Å². The lowest BCUT2D eigenvalue weighted by molar-refractivity contribution is 0.776. The highest BCUT2D eigenvalue weighted by molar-refractivity contribution is 6.17. The molecule has 14 rings (SSSR count). The second-order valence-corrected chi connectivity index (χ2v) is 18.0. The van der Waals surface area contributed by atoms with Crippen molar-refractivity contribution in [2.24, 2.45) is 0 Å². The van der Waals surface area contributed by atoms with Crippen molar-refractivity contribution in [1.29, 1.82) is 0 Å². The van der Waals surface area contributed by atoms with E-state index in [0.29, 0.717) is 0 Å². The van der Waals surface area contributed by atoms with Crippen LogP contribution in [0.4, 0.5) is 0 Å². The Bertz CT molecular complexity index is 4040. The highest BCUT2D eigenvalue weighted by atomic mass is 15.0. The molecule has 11 aromatic carbocycles. The summed E-state index contributed by atoms with van der Waals surface area (Å²) in [4.78, 5) is 0. The minimum absolute atomic E-state index is 0.564. The van der Waals surface area contributed by atoms with Crippen molar-refractivity contribution in [1.82, 2.24) is 9.13 Å². The van der Waals surface area contributed by atoms with E-state index in [-0.39, 0.29) is 0 Å². The van der Waals surface area contributed by atoms with Crippen molar-refractivity contribution >= 4 is 54.4 Å². The van der Waals surface area contributed by atoms with Gasteiger partial charge in [0.2, 0.25) is 0 Å². The van der Waals surface area contributed by atoms with Gasteiger partial charge >= 0.3 is 0 Å². The summed E-state index contributed by atoms with van der Waals surface area (Å²) < 4.78 is 4.93. The number of rotatable bonds is 6. The molecule has 0 atom stereocenters. The first kappa shape index (κ1) is 37.6. The molecule has 67 heavy (non-hydrogen) atoms. The maximum absolute atomic E-state index is 2.51. The summed E-state index contributed by atoms with van der Waals surface area (Å²) in [5.41, 5.74) is 19.0. The van der Waals surface area contributed by atoms with E-state index in [2.05, 4.69) is 264 Å². The zero-order valence-electron chi connectivity index (χ0n) is 36.6. The van der Waals surface area contributed by atoms with Gasteiger partial charge in [0.1, 0.15) is 0 Å². The van der Waals surface area contributed by atoms with E-state index < -0.39 is 5.41 Å². The van der Waals surface area contributed by atoms with Crippen molar-refractivity contribution in [3.05, 3.63) is 277 Å². The van der Waals surface area contributed by atoms with Crippen molar-refractivity contribution in [2.45, 2.75) is 5.41 Å². The molecule has 0 radical (unpaired) electrons. The Morgan fingerprint density at radius 2 is 0.836 bits per heavy atom. The quantitative estimate of drug-likeness (QED) is 0.158. The van der Waals surface area contributed by atoms with Crippen LogP contribution in [0.25, 0.3) is 99.1 Å². The average molecular weight is 851 g/mol. The lowest BCUT2D eigenvalue weighted by atomic mass is 9.67. The van der Waals surface area contributed by atoms with E-state index in [1.807, 2.05) is 0 Å². The Hall–Kier alpha value is -8.72. The van der Waals surface area contributed by atoms with Crippen molar-refractivity contribution in [3.8, 4) is 44.8 Å². The van der Waals surface area contributed by atoms with Crippen molar-refractivity contribution in [3.63, 3.8) is 0 Å². The van der Waals surface area contributed by atoms with Gasteiger partial charge in [-0.25, -0.2) is 0 Å². The fraction of sp³-hybridized carbons (Fsp3) is 0.0154. The molecule has 2 heterocycles. The van der Waals surface area contributed by atoms with Crippen molar-refractivity contribution in [2.75, 3.05) is 0 Å². The summed E-state index contributed by atoms with van der Waals surface area (Å²) in [7, 11) is 0. The predicted molar refractivity (Wildman–Crippen MR) is 281 cm³/mol. The topological polar surface area (TPSA) is 9.86 Å². The van der Waals surface area contributed by atoms with E-state index in [4.69, 9.17) is 0 Å². The molecular formula is C65H42N2. The molecule has 2 nitrogen and oxygen atoms in total. The van der Waals surface area contributed by atoms with Crippen LogP contribution < -0.4 is 0 Å². The normalized spacial score (nSPS) is 12.9. The Morgan fingerprint density at radius 3 is 1.61 bits per heavy atom. The standard InChI is InChI=1S/C65H42N2/c1-4-17-43(18-5-1)46-21-16-26-51(39-46)66-59-30-15-13-28-54(59)56-41-47(32-36-60(56)66)48-33-37-61-57(42-48)63-62(67(61)52-34-31-44-19-10-11-20-45(44)40-52)38-35-55-53-27-12-14-29-58(53)65(64(55)63,49-22-6-2-7-23-49)50-24-8-3-9-25-50/h1-42H. The summed E-state index contributed by atoms with van der Waals surface area (Å²) in [6.45, 7) is 0. The molecule has 0 fully saturated rings. The molecule has 1 aliphatic rings. The zero-order valence-corrected chi connectivity index (χ0v) is 36.6. The molecule has 312 valence electrons. The third kappa shape index (κ3) is 5.51. The molecule has 2 aromatic heterocycles. The van der Waals surface area contributed by atoms with Crippen LogP contribution in [0.5, 0.6) is 0 Å². The number of para-hydroxylation sites is 1. The summed E-state index contributed by atoms with van der Waals surface area (Å²) >= 11 is 0. The number of aromatic nitrogens is 2. The molecule has 0 aliphatic heterocycles. The lowest BCUT2D eigenvalue weighted by Crippen LogP contribution is -2.28. The van der Waals surface area contributed by atoms with Crippen LogP contribution >= 0.6 is 0 Å². The van der Waals surface area contributed by atoms with Crippen LogP contribution in [0.3, 0.4) is 0 Å². The van der Waals surface area contributed by atoms with Crippen LogP contribution in [0, 0.1) is 0 Å². The number of nitrogens with zero attached hydrogens (tertiary/aromatic N) is 2. The molecule has 0 unspecified atom stereocenters. The summed E-state index contributed by atoms with van der Waals surface area (Å²) in [5.74, 6) is 0. The molecular weight excluding hydrogens is 809 g/mol. The van der Waals surface area contributed by atoms with Gasteiger partial charge in [0.15, 0.2) is 0 Å². The zero-order chi connectivity index (χ0) is 44.1. The first-order valence-electron chi connectivity index (χ1n) is 23.3. The third-order valence-corrected chi connectivity index (χ3v) is 14.5. The first-order chi connectivity index (χ1) is 33.2. The molecule has 0 spiro atoms. The van der Waals surface area contributed by atoms with E-state index in [1.165, 1.54) is 110 Å². The van der Waals surface area contributed by atoms with Gasteiger partial charge in [0.25, 0.3) is 0 Å². The Kier molecular flexibility index (Phi) is 8.23. The second kappa shape index (κ2) is 14.7. The maximum Gasteiger partial charge on any atom is 0.0720 e. The SMILES string of the molecule is c1ccc(-c2cccc(-n3c4ccccc4c4cc(-c5ccc6c(c5)c5c7c(ccc5n6-c5ccc6ccccc6c5)-c5ccccc5C7(c5ccccc5)c5ccccc5)ccc43)c2)cc1. The van der Waals surface area contributed by atoms with Crippen molar-refractivity contribution < 1.29 is 0 Å². The fourth-order valence-electron chi connectivity index (χ4n) is 11.7. The van der Waals surface area contributed by atoms with Gasteiger partial charge in [0.05, 0.1) is 27.5 Å². The van der Waals surface area contributed by atoms with Crippen LogP contribution in [0.15, 0.2) is 255 Å². The molecule has 0 N–H and O–H groups in total. The Labute approximate surface area is 388 Å². The third-order valence-electron chi connectivity index (χ3n) is 14.5. The minimum atomic E-state index is -0.564. The molecule has 0 bridgehead atoms. The van der Waals surface area contributed by atoms with Gasteiger partial charge in [0, 0.05) is 32.9 Å². The van der Waals surface area contributed by atoms with Gasteiger partial charge in [-0.15, -0.1) is 0 Å². The first-order valence-corrected chi connectivity index (χ1v) is 23.3. The van der Waals surface area contributed by atoms with Crippen LogP contribution in [-0.2, 0) is 5.41 Å². The fourth-order valence-corrected chi connectivity index (χ4v) is 11.7. The molecule has 0 saturated carbocycles. The number of hydrogen-bond acceptors (Lipinski definition) is 0. The highest BCUT2D eigenvalue weighted by Gasteiger charge is 2.47. The van der Waals surface area contributed by atoms with Gasteiger partial charge in [-0.2, -0.15) is 0 Å². The van der Waals surface area contributed by atoms with Crippen LogP contribution in [-0.4, -0.2) is 9.13 Å². The van der Waals surface area contributed by atoms with Crippen LogP contribution in [0.2, 0.25) is 0 Å². The molecule has 0 saturated heterocycles. The lowest BCUT2D eigenvalue weighted by Gasteiger charge is -2.34. The van der Waals surface area contributed by atoms with E-state index in [0.717, 1.165) is 11.4 Å². The minimum Gasteiger partial charge on any atom is -0.309 e. The van der Waals surface area contributed by atoms with Gasteiger partial charge in [-0.05, 0) is 127 Å². The van der Waals surface area contributed by atoms with Gasteiger partial charge < -0.3 is 9.13 Å². The number of hydrogen-bond donors (Lipinski definition) is 0. The van der Waals surface area contributed by atoms with Crippen LogP contribution in [0.1, 0.15) is 22.3 Å². The number of fused-ring (bicyclic) bond motifs is 11. The van der Waals surface area contributed by atoms with Gasteiger partial charge in [-0.1, -0.05) is 194 Å². The Balaban J connectivity index is 1.05. The Morgan fingerprint density at radius 1 is 0.284 bits per heavy atom. The smallest absolute Gasteiger partial charge is 0.0720 e. The summed E-state index contributed by atoms with van der Waals surface area (Å²) in [5, 5.41) is 7.45. The van der Waals surface area contributed by atoms with E-state index in [1.54, 1.807) is 0 Å². The second-order valence-electron chi connectivity index (χ2n) is 18.0. The van der Waals surface area contributed by atoms with Gasteiger partial charge in [-0.3, -0.25) is 0 Å². The predicted octanol–water partition coefficient (Wildman–Crippen LogP) is 16.7. The number of benzene rings is 11. The van der Waals surface area contributed by atoms with E-state index >= 15 is 0 Å².